The first-order chi connectivity index (χ1) is 9.96. The Bertz CT molecular complexity index is 445. The first-order valence-corrected chi connectivity index (χ1v) is 6.63. The van der Waals surface area contributed by atoms with E-state index in [1.165, 1.54) is 6.07 Å². The minimum Gasteiger partial charge on any atom is -0.481 e. The zero-order valence-electron chi connectivity index (χ0n) is 12.3. The lowest BCUT2D eigenvalue weighted by molar-refractivity contribution is -0.141. The molecule has 0 radical (unpaired) electrons. The fraction of sp³-hybridized carbons (Fsp3) is 0.429. The first kappa shape index (κ1) is 18.9. The number of nitrogens with two attached hydrogens (primary N) is 2. The van der Waals surface area contributed by atoms with Crippen molar-refractivity contribution in [3.8, 4) is 0 Å². The number of nitrogens with zero attached hydrogens (tertiary/aromatic N) is 1. The van der Waals surface area contributed by atoms with Crippen LogP contribution in [0.25, 0.3) is 0 Å². The Morgan fingerprint density at radius 3 is 2.43 bits per heavy atom. The van der Waals surface area contributed by atoms with Gasteiger partial charge in [0.2, 0.25) is 0 Å². The monoisotopic (exact) mass is 298 g/mol. The normalized spacial score (nSPS) is 12.1. The fourth-order valence-corrected chi connectivity index (χ4v) is 1.59. The van der Waals surface area contributed by atoms with Crippen LogP contribution in [0.3, 0.4) is 0 Å². The highest BCUT2D eigenvalue weighted by molar-refractivity contribution is 5.85. The molecule has 118 valence electrons. The quantitative estimate of drug-likeness (QED) is 0.286. The van der Waals surface area contributed by atoms with Gasteiger partial charge in [0.05, 0.1) is 5.92 Å². The van der Waals surface area contributed by atoms with Crippen LogP contribution in [0.5, 0.6) is 0 Å². The van der Waals surface area contributed by atoms with E-state index in [4.69, 9.17) is 16.8 Å². The molecule has 0 amide bonds. The average Bonchev–Trinajstić information content (AvgIpc) is 2.47. The van der Waals surface area contributed by atoms with Crippen molar-refractivity contribution in [2.75, 3.05) is 0 Å². The number of hydrazine groups is 1. The number of carboxylic acid groups (broad SMARTS) is 1. The number of carboxylic acids is 1. The van der Waals surface area contributed by atoms with Gasteiger partial charge in [0.15, 0.2) is 0 Å². The van der Waals surface area contributed by atoms with Crippen LogP contribution in [-0.4, -0.2) is 16.9 Å². The van der Waals surface area contributed by atoms with Gasteiger partial charge in [-0.1, -0.05) is 31.5 Å². The van der Waals surface area contributed by atoms with Crippen molar-refractivity contribution in [1.82, 2.24) is 5.43 Å². The molecule has 0 spiro atoms. The summed E-state index contributed by atoms with van der Waals surface area (Å²) < 4.78 is 12.3. The summed E-state index contributed by atoms with van der Waals surface area (Å²) in [4.78, 5) is 10.7. The molecule has 7 heteroatoms. The van der Waals surface area contributed by atoms with E-state index >= 15 is 0 Å². The molecule has 0 bridgehead atoms. The number of nitrogens with one attached hydrogen (secondary N) is 1. The number of benzene rings is 1. The van der Waals surface area contributed by atoms with E-state index in [1.54, 1.807) is 19.1 Å². The van der Waals surface area contributed by atoms with Crippen molar-refractivity contribution in [3.05, 3.63) is 35.6 Å². The molecule has 0 aliphatic carbocycles. The fourth-order valence-electron chi connectivity index (χ4n) is 1.59. The number of rotatable bonds is 5. The predicted octanol–water partition coefficient (Wildman–Crippen LogP) is 1.75. The van der Waals surface area contributed by atoms with Crippen LogP contribution in [0.1, 0.15) is 31.7 Å². The molecule has 0 heterocycles. The zero-order valence-corrected chi connectivity index (χ0v) is 12.3. The Kier molecular flexibility index (Phi) is 9.53. The van der Waals surface area contributed by atoms with E-state index in [-0.39, 0.29) is 12.2 Å². The van der Waals surface area contributed by atoms with Crippen LogP contribution < -0.4 is 17.1 Å². The average molecular weight is 298 g/mol. The van der Waals surface area contributed by atoms with Crippen molar-refractivity contribution < 1.29 is 14.3 Å². The molecule has 1 atom stereocenters. The maximum Gasteiger partial charge on any atom is 0.306 e. The number of carbonyl (C=O) groups is 1. The molecule has 0 aliphatic heterocycles. The van der Waals surface area contributed by atoms with Crippen molar-refractivity contribution in [1.29, 1.82) is 0 Å². The second-order valence-corrected chi connectivity index (χ2v) is 4.50. The number of halogens is 1. The zero-order chi connectivity index (χ0) is 16.3. The van der Waals surface area contributed by atoms with Crippen molar-refractivity contribution >= 4 is 11.8 Å². The number of amidine groups is 1. The first-order valence-electron chi connectivity index (χ1n) is 6.63. The smallest absolute Gasteiger partial charge is 0.306 e. The lowest BCUT2D eigenvalue weighted by atomic mass is 10.00. The SMILES string of the molecule is CCCC(C/C(=N/N)NN)C(=O)O.Cc1ccccc1F. The van der Waals surface area contributed by atoms with Gasteiger partial charge in [-0.15, -0.1) is 0 Å². The molecule has 0 saturated heterocycles. The topological polar surface area (TPSA) is 114 Å². The van der Waals surface area contributed by atoms with Gasteiger partial charge in [-0.2, -0.15) is 5.10 Å². The van der Waals surface area contributed by atoms with E-state index in [0.717, 1.165) is 6.42 Å². The van der Waals surface area contributed by atoms with Gasteiger partial charge in [0, 0.05) is 6.42 Å². The molecule has 21 heavy (non-hydrogen) atoms. The number of hydrazone groups is 1. The Morgan fingerprint density at radius 1 is 1.48 bits per heavy atom. The summed E-state index contributed by atoms with van der Waals surface area (Å²) in [6.45, 7) is 3.67. The molecule has 1 aromatic carbocycles. The molecule has 0 fully saturated rings. The molecule has 0 saturated carbocycles. The molecule has 1 unspecified atom stereocenters. The van der Waals surface area contributed by atoms with Gasteiger partial charge >= 0.3 is 5.97 Å². The second kappa shape index (κ2) is 10.6. The number of aliphatic carboxylic acids is 1. The maximum atomic E-state index is 12.3. The summed E-state index contributed by atoms with van der Waals surface area (Å²) >= 11 is 0. The minimum absolute atomic E-state index is 0.132. The van der Waals surface area contributed by atoms with Crippen molar-refractivity contribution in [2.24, 2.45) is 22.7 Å². The lowest BCUT2D eigenvalue weighted by Crippen LogP contribution is -2.34. The molecule has 1 aromatic rings. The Labute approximate surface area is 124 Å². The summed E-state index contributed by atoms with van der Waals surface area (Å²) in [7, 11) is 0. The molecule has 1 rings (SSSR count). The van der Waals surface area contributed by atoms with Gasteiger partial charge < -0.3 is 16.4 Å². The van der Waals surface area contributed by atoms with Crippen molar-refractivity contribution in [3.63, 3.8) is 0 Å². The van der Waals surface area contributed by atoms with E-state index < -0.39 is 11.9 Å². The van der Waals surface area contributed by atoms with Gasteiger partial charge in [0.25, 0.3) is 0 Å². The van der Waals surface area contributed by atoms with Gasteiger partial charge in [-0.3, -0.25) is 4.79 Å². The van der Waals surface area contributed by atoms with E-state index in [2.05, 4.69) is 10.5 Å². The molecular formula is C14H23FN4O2. The van der Waals surface area contributed by atoms with Gasteiger partial charge in [-0.05, 0) is 25.0 Å². The van der Waals surface area contributed by atoms with Crippen molar-refractivity contribution in [2.45, 2.75) is 33.1 Å². The summed E-state index contributed by atoms with van der Waals surface area (Å²) in [6, 6.07) is 6.70. The lowest BCUT2D eigenvalue weighted by Gasteiger charge is -2.11. The third-order valence-electron chi connectivity index (χ3n) is 2.83. The van der Waals surface area contributed by atoms with Gasteiger partial charge in [-0.25, -0.2) is 10.2 Å². The highest BCUT2D eigenvalue weighted by Crippen LogP contribution is 2.11. The third kappa shape index (κ3) is 7.88. The molecule has 0 aromatic heterocycles. The van der Waals surface area contributed by atoms with E-state index in [9.17, 15) is 9.18 Å². The number of hydrogen-bond acceptors (Lipinski definition) is 4. The molecular weight excluding hydrogens is 275 g/mol. The summed E-state index contributed by atoms with van der Waals surface area (Å²) in [5, 5.41) is 12.1. The summed E-state index contributed by atoms with van der Waals surface area (Å²) in [5.41, 5.74) is 2.96. The largest absolute Gasteiger partial charge is 0.481 e. The van der Waals surface area contributed by atoms with Crippen LogP contribution >= 0.6 is 0 Å². The van der Waals surface area contributed by atoms with Crippen LogP contribution in [-0.2, 0) is 4.79 Å². The molecule has 6 nitrogen and oxygen atoms in total. The van der Waals surface area contributed by atoms with E-state index in [0.29, 0.717) is 17.8 Å². The third-order valence-corrected chi connectivity index (χ3v) is 2.83. The van der Waals surface area contributed by atoms with Crippen LogP contribution in [0, 0.1) is 18.7 Å². The Hall–Kier alpha value is -2.15. The van der Waals surface area contributed by atoms with E-state index in [1.807, 2.05) is 13.0 Å². The highest BCUT2D eigenvalue weighted by Gasteiger charge is 2.18. The maximum absolute atomic E-state index is 12.3. The molecule has 0 aliphatic rings. The van der Waals surface area contributed by atoms with Crippen LogP contribution in [0.4, 0.5) is 4.39 Å². The Morgan fingerprint density at radius 2 is 2.10 bits per heavy atom. The number of hydrogen-bond donors (Lipinski definition) is 4. The van der Waals surface area contributed by atoms with Crippen LogP contribution in [0.15, 0.2) is 29.4 Å². The summed E-state index contributed by atoms with van der Waals surface area (Å²) in [5.74, 6) is 8.91. The standard InChI is InChI=1S/C7H7F.C7H16N4O2/c1-6-4-2-3-5-7(6)8;1-2-3-5(7(12)13)4-6(10-8)11-9/h2-5H,1H3;5H,2-4,8-9H2,1H3,(H,10,11)(H,12,13). The minimum atomic E-state index is -0.849. The molecule has 6 N–H and O–H groups in total. The highest BCUT2D eigenvalue weighted by atomic mass is 19.1. The Balaban J connectivity index is 0.000000423. The van der Waals surface area contributed by atoms with Crippen LogP contribution in [0.2, 0.25) is 0 Å². The van der Waals surface area contributed by atoms with Gasteiger partial charge in [0.1, 0.15) is 11.7 Å². The second-order valence-electron chi connectivity index (χ2n) is 4.50. The summed E-state index contributed by atoms with van der Waals surface area (Å²) in [6.07, 6.45) is 1.64. The predicted molar refractivity (Wildman–Crippen MR) is 80.7 cm³/mol. The number of aryl methyl sites for hydroxylation is 1.